The second kappa shape index (κ2) is 8.51. The van der Waals surface area contributed by atoms with Gasteiger partial charge in [0.15, 0.2) is 11.6 Å². The van der Waals surface area contributed by atoms with E-state index >= 15 is 0 Å². The van der Waals surface area contributed by atoms with Crippen LogP contribution in [-0.2, 0) is 9.53 Å². The highest BCUT2D eigenvalue weighted by Gasteiger charge is 2.37. The van der Waals surface area contributed by atoms with Gasteiger partial charge in [0.05, 0.1) is 20.3 Å². The summed E-state index contributed by atoms with van der Waals surface area (Å²) < 4.78 is 59.1. The maximum Gasteiger partial charge on any atom is 0.228 e. The number of carbonyl (C=O) groups excluding carboxylic acids is 1. The second-order valence-corrected chi connectivity index (χ2v) is 7.41. The van der Waals surface area contributed by atoms with E-state index in [0.717, 1.165) is 29.5 Å². The highest BCUT2D eigenvalue weighted by atomic mass is 19.1. The summed E-state index contributed by atoms with van der Waals surface area (Å²) in [4.78, 5) is 17.8. The lowest BCUT2D eigenvalue weighted by Gasteiger charge is -2.18. The molecule has 2 fully saturated rings. The molecule has 0 N–H and O–H groups in total. The zero-order valence-electron chi connectivity index (χ0n) is 16.4. The quantitative estimate of drug-likeness (QED) is 0.714. The first-order valence-corrected chi connectivity index (χ1v) is 9.66. The van der Waals surface area contributed by atoms with E-state index in [9.17, 15) is 18.0 Å². The number of amides is 1. The van der Waals surface area contributed by atoms with Crippen LogP contribution in [0.3, 0.4) is 0 Å². The van der Waals surface area contributed by atoms with Gasteiger partial charge in [-0.15, -0.1) is 0 Å². The van der Waals surface area contributed by atoms with Gasteiger partial charge in [-0.05, 0) is 12.5 Å². The number of hydrogen-bond donors (Lipinski definition) is 0. The molecule has 4 rings (SSSR count). The van der Waals surface area contributed by atoms with E-state index in [4.69, 9.17) is 14.2 Å². The van der Waals surface area contributed by atoms with Gasteiger partial charge in [0, 0.05) is 55.2 Å². The van der Waals surface area contributed by atoms with Crippen molar-refractivity contribution in [1.29, 1.82) is 0 Å². The molecular formula is C21H21F3N2O4. The number of hydrogen-bond acceptors (Lipinski definition) is 5. The van der Waals surface area contributed by atoms with Crippen LogP contribution in [0.4, 0.5) is 19.0 Å². The van der Waals surface area contributed by atoms with E-state index in [1.807, 2.05) is 0 Å². The Morgan fingerprint density at radius 2 is 1.97 bits per heavy atom. The Labute approximate surface area is 171 Å². The SMILES string of the molecule is COc1cc(F)c(C2CC(=O)N(c3nc(OCC4CCOC4)ccc3F)C2)c(F)c1. The van der Waals surface area contributed by atoms with Crippen molar-refractivity contribution in [1.82, 2.24) is 4.98 Å². The van der Waals surface area contributed by atoms with Crippen LogP contribution in [0.1, 0.15) is 24.3 Å². The molecule has 2 aromatic rings. The largest absolute Gasteiger partial charge is 0.497 e. The van der Waals surface area contributed by atoms with Crippen LogP contribution in [0.5, 0.6) is 11.6 Å². The molecule has 30 heavy (non-hydrogen) atoms. The van der Waals surface area contributed by atoms with E-state index in [-0.39, 0.29) is 41.9 Å². The number of aromatic nitrogens is 1. The molecule has 160 valence electrons. The molecule has 0 aliphatic carbocycles. The number of anilines is 1. The molecule has 2 saturated heterocycles. The predicted molar refractivity (Wildman–Crippen MR) is 101 cm³/mol. The molecule has 2 unspecified atom stereocenters. The van der Waals surface area contributed by atoms with Gasteiger partial charge < -0.3 is 14.2 Å². The minimum atomic E-state index is -0.809. The van der Waals surface area contributed by atoms with Gasteiger partial charge in [0.25, 0.3) is 0 Å². The van der Waals surface area contributed by atoms with E-state index in [1.165, 1.54) is 13.2 Å². The van der Waals surface area contributed by atoms with E-state index < -0.39 is 29.3 Å². The predicted octanol–water partition coefficient (Wildman–Crippen LogP) is 3.44. The number of pyridine rings is 1. The molecule has 9 heteroatoms. The monoisotopic (exact) mass is 422 g/mol. The fourth-order valence-corrected chi connectivity index (χ4v) is 3.78. The molecule has 1 amide bonds. The Balaban J connectivity index is 1.53. The number of benzene rings is 1. The smallest absolute Gasteiger partial charge is 0.228 e. The fraction of sp³-hybridized carbons (Fsp3) is 0.429. The number of carbonyl (C=O) groups is 1. The maximum absolute atomic E-state index is 14.4. The van der Waals surface area contributed by atoms with Crippen molar-refractivity contribution in [3.8, 4) is 11.6 Å². The lowest BCUT2D eigenvalue weighted by Crippen LogP contribution is -2.27. The Kier molecular flexibility index (Phi) is 5.80. The summed E-state index contributed by atoms with van der Waals surface area (Å²) in [6, 6.07) is 4.67. The van der Waals surface area contributed by atoms with Crippen molar-refractivity contribution in [2.24, 2.45) is 5.92 Å². The molecule has 0 spiro atoms. The third kappa shape index (κ3) is 4.07. The fourth-order valence-electron chi connectivity index (χ4n) is 3.78. The zero-order valence-corrected chi connectivity index (χ0v) is 16.4. The van der Waals surface area contributed by atoms with Crippen molar-refractivity contribution in [2.45, 2.75) is 18.8 Å². The molecule has 0 saturated carbocycles. The van der Waals surface area contributed by atoms with Crippen LogP contribution in [0, 0.1) is 23.4 Å². The van der Waals surface area contributed by atoms with Crippen molar-refractivity contribution >= 4 is 11.7 Å². The van der Waals surface area contributed by atoms with Crippen molar-refractivity contribution in [3.05, 3.63) is 47.3 Å². The zero-order chi connectivity index (χ0) is 21.3. The van der Waals surface area contributed by atoms with Crippen molar-refractivity contribution in [3.63, 3.8) is 0 Å². The Hall–Kier alpha value is -2.81. The normalized spacial score (nSPS) is 21.3. The Morgan fingerprint density at radius 3 is 2.63 bits per heavy atom. The number of ether oxygens (including phenoxy) is 3. The number of nitrogens with zero attached hydrogens (tertiary/aromatic N) is 2. The van der Waals surface area contributed by atoms with Crippen LogP contribution in [-0.4, -0.2) is 44.4 Å². The highest BCUT2D eigenvalue weighted by molar-refractivity contribution is 5.95. The third-order valence-electron chi connectivity index (χ3n) is 5.37. The summed E-state index contributed by atoms with van der Waals surface area (Å²) in [5.74, 6) is -3.33. The topological polar surface area (TPSA) is 60.9 Å². The average molecular weight is 422 g/mol. The van der Waals surface area contributed by atoms with Crippen LogP contribution in [0.2, 0.25) is 0 Å². The summed E-state index contributed by atoms with van der Waals surface area (Å²) in [5.41, 5.74) is -0.222. The average Bonchev–Trinajstić information content (AvgIpc) is 3.36. The number of methoxy groups -OCH3 is 1. The summed E-state index contributed by atoms with van der Waals surface area (Å²) >= 11 is 0. The molecule has 2 aliphatic rings. The number of halogens is 3. The first kappa shape index (κ1) is 20.5. The highest BCUT2D eigenvalue weighted by Crippen LogP contribution is 2.36. The summed E-state index contributed by atoms with van der Waals surface area (Å²) in [5, 5.41) is 0. The lowest BCUT2D eigenvalue weighted by molar-refractivity contribution is -0.117. The van der Waals surface area contributed by atoms with Gasteiger partial charge in [-0.25, -0.2) is 13.2 Å². The van der Waals surface area contributed by atoms with E-state index in [0.29, 0.717) is 19.8 Å². The summed E-state index contributed by atoms with van der Waals surface area (Å²) in [7, 11) is 1.30. The summed E-state index contributed by atoms with van der Waals surface area (Å²) in [6.07, 6.45) is 0.713. The molecule has 1 aromatic heterocycles. The molecule has 3 heterocycles. The molecule has 6 nitrogen and oxygen atoms in total. The Bertz CT molecular complexity index is 927. The van der Waals surface area contributed by atoms with Crippen LogP contribution in [0.25, 0.3) is 0 Å². The van der Waals surface area contributed by atoms with Gasteiger partial charge in [0.2, 0.25) is 11.8 Å². The van der Waals surface area contributed by atoms with Crippen LogP contribution >= 0.6 is 0 Å². The van der Waals surface area contributed by atoms with Gasteiger partial charge in [-0.3, -0.25) is 9.69 Å². The molecule has 1 aromatic carbocycles. The van der Waals surface area contributed by atoms with E-state index in [1.54, 1.807) is 0 Å². The molecular weight excluding hydrogens is 401 g/mol. The molecule has 2 atom stereocenters. The second-order valence-electron chi connectivity index (χ2n) is 7.41. The van der Waals surface area contributed by atoms with Crippen LogP contribution in [0.15, 0.2) is 24.3 Å². The minimum absolute atomic E-state index is 0.0418. The summed E-state index contributed by atoms with van der Waals surface area (Å²) in [6.45, 7) is 1.55. The first-order valence-electron chi connectivity index (χ1n) is 9.66. The molecule has 0 bridgehead atoms. The standard InChI is InChI=1S/C21H21F3N2O4/c1-28-14-7-16(23)20(17(24)8-14)13-6-19(27)26(9-13)21-15(22)2-3-18(25-21)30-11-12-4-5-29-10-12/h2-3,7-8,12-13H,4-6,9-11H2,1H3. The van der Waals surface area contributed by atoms with Gasteiger partial charge in [0.1, 0.15) is 17.4 Å². The maximum atomic E-state index is 14.4. The number of rotatable bonds is 6. The van der Waals surface area contributed by atoms with Crippen LogP contribution < -0.4 is 14.4 Å². The van der Waals surface area contributed by atoms with Gasteiger partial charge >= 0.3 is 0 Å². The first-order chi connectivity index (χ1) is 14.5. The third-order valence-corrected chi connectivity index (χ3v) is 5.37. The molecule has 2 aliphatic heterocycles. The minimum Gasteiger partial charge on any atom is -0.497 e. The van der Waals surface area contributed by atoms with Crippen molar-refractivity contribution in [2.75, 3.05) is 38.4 Å². The van der Waals surface area contributed by atoms with Gasteiger partial charge in [-0.2, -0.15) is 4.98 Å². The van der Waals surface area contributed by atoms with Gasteiger partial charge in [-0.1, -0.05) is 0 Å². The molecule has 0 radical (unpaired) electrons. The van der Waals surface area contributed by atoms with Crippen molar-refractivity contribution < 1.29 is 32.2 Å². The van der Waals surface area contributed by atoms with E-state index in [2.05, 4.69) is 4.98 Å². The lowest BCUT2D eigenvalue weighted by atomic mass is 9.97. The Morgan fingerprint density at radius 1 is 1.20 bits per heavy atom.